The van der Waals surface area contributed by atoms with Crippen molar-refractivity contribution in [3.05, 3.63) is 11.5 Å². The van der Waals surface area contributed by atoms with E-state index >= 15 is 0 Å². The van der Waals surface area contributed by atoms with Gasteiger partial charge < -0.3 is 10.1 Å². The van der Waals surface area contributed by atoms with Crippen LogP contribution in [0.2, 0.25) is 0 Å². The largest absolute Gasteiger partial charge is 0.490 e. The number of alkyl halides is 3. The van der Waals surface area contributed by atoms with Gasteiger partial charge in [-0.25, -0.2) is 14.5 Å². The zero-order chi connectivity index (χ0) is 19.1. The zero-order valence-electron chi connectivity index (χ0n) is 14.8. The fraction of sp³-hybridized carbons (Fsp3) is 0.706. The number of carbonyl (C=O) groups is 1. The van der Waals surface area contributed by atoms with E-state index in [1.54, 1.807) is 0 Å². The first-order chi connectivity index (χ1) is 12.2. The molecule has 2 saturated carbocycles. The summed E-state index contributed by atoms with van der Waals surface area (Å²) in [7, 11) is 0. The van der Waals surface area contributed by atoms with E-state index in [0.29, 0.717) is 12.0 Å². The van der Waals surface area contributed by atoms with Gasteiger partial charge in [-0.15, -0.1) is 0 Å². The predicted octanol–water partition coefficient (Wildman–Crippen LogP) is 4.33. The fourth-order valence-corrected chi connectivity index (χ4v) is 3.51. The maximum Gasteiger partial charge on any atom is 0.490 e. The van der Waals surface area contributed by atoms with Gasteiger partial charge in [0.15, 0.2) is 5.65 Å². The number of H-pyrrole nitrogens is 1. The van der Waals surface area contributed by atoms with Crippen molar-refractivity contribution in [1.82, 2.24) is 19.7 Å². The van der Waals surface area contributed by atoms with Gasteiger partial charge in [0.25, 0.3) is 0 Å². The summed E-state index contributed by atoms with van der Waals surface area (Å²) in [5, 5.41) is 11.8. The molecule has 4 rings (SSSR count). The van der Waals surface area contributed by atoms with Crippen molar-refractivity contribution < 1.29 is 23.1 Å². The second kappa shape index (κ2) is 6.92. The number of aromatic nitrogens is 4. The number of carboxylic acid groups (broad SMARTS) is 1. The van der Waals surface area contributed by atoms with E-state index in [4.69, 9.17) is 20.0 Å². The van der Waals surface area contributed by atoms with E-state index in [9.17, 15) is 13.2 Å². The third-order valence-corrected chi connectivity index (χ3v) is 5.21. The molecule has 2 aliphatic rings. The molecule has 144 valence electrons. The Hall–Kier alpha value is -2.06. The Labute approximate surface area is 148 Å². The lowest BCUT2D eigenvalue weighted by molar-refractivity contribution is -0.192. The predicted molar refractivity (Wildman–Crippen MR) is 89.0 cm³/mol. The molecule has 2 aliphatic carbocycles. The van der Waals surface area contributed by atoms with E-state index in [1.807, 2.05) is 0 Å². The summed E-state index contributed by atoms with van der Waals surface area (Å²) in [5.41, 5.74) is 3.34. The molecule has 1 unspecified atom stereocenters. The molecule has 9 heteroatoms. The summed E-state index contributed by atoms with van der Waals surface area (Å²) in [6.45, 7) is 4.38. The number of fused-ring (bicyclic) bond motifs is 1. The summed E-state index contributed by atoms with van der Waals surface area (Å²) < 4.78 is 33.9. The lowest BCUT2D eigenvalue weighted by atomic mass is 10.1. The molecule has 0 aliphatic heterocycles. The van der Waals surface area contributed by atoms with Gasteiger partial charge in [-0.1, -0.05) is 12.8 Å². The molecule has 0 saturated heterocycles. The number of aliphatic carboxylic acids is 1. The molecule has 0 bridgehead atoms. The molecule has 0 spiro atoms. The Morgan fingerprint density at radius 3 is 2.35 bits per heavy atom. The molecule has 2 heterocycles. The molecule has 1 atom stereocenters. The van der Waals surface area contributed by atoms with Gasteiger partial charge in [-0.2, -0.15) is 18.3 Å². The first-order valence-corrected chi connectivity index (χ1v) is 8.93. The minimum Gasteiger partial charge on any atom is -0.475 e. The van der Waals surface area contributed by atoms with Crippen molar-refractivity contribution in [3.63, 3.8) is 0 Å². The molecule has 2 N–H and O–H groups in total. The topological polar surface area (TPSA) is 83.8 Å². The van der Waals surface area contributed by atoms with Crippen molar-refractivity contribution in [3.8, 4) is 0 Å². The first kappa shape index (κ1) is 18.7. The van der Waals surface area contributed by atoms with E-state index < -0.39 is 12.1 Å². The number of rotatable bonds is 3. The van der Waals surface area contributed by atoms with Crippen molar-refractivity contribution in [2.24, 2.45) is 5.92 Å². The third kappa shape index (κ3) is 3.86. The van der Waals surface area contributed by atoms with Crippen LogP contribution in [-0.4, -0.2) is 37.0 Å². The summed E-state index contributed by atoms with van der Waals surface area (Å²) in [5.74, 6) is -0.0946. The Morgan fingerprint density at radius 1 is 1.27 bits per heavy atom. The zero-order valence-corrected chi connectivity index (χ0v) is 14.8. The van der Waals surface area contributed by atoms with Crippen molar-refractivity contribution in [1.29, 1.82) is 0 Å². The van der Waals surface area contributed by atoms with Crippen molar-refractivity contribution in [2.75, 3.05) is 0 Å². The summed E-state index contributed by atoms with van der Waals surface area (Å²) in [6.07, 6.45) is 2.90. The van der Waals surface area contributed by atoms with Crippen LogP contribution >= 0.6 is 0 Å². The van der Waals surface area contributed by atoms with E-state index in [-0.39, 0.29) is 0 Å². The maximum absolute atomic E-state index is 10.6. The van der Waals surface area contributed by atoms with Gasteiger partial charge in [0.05, 0.1) is 11.7 Å². The van der Waals surface area contributed by atoms with Crippen LogP contribution in [-0.2, 0) is 4.79 Å². The van der Waals surface area contributed by atoms with Gasteiger partial charge in [-0.05, 0) is 45.4 Å². The van der Waals surface area contributed by atoms with E-state index in [2.05, 4.69) is 23.5 Å². The van der Waals surface area contributed by atoms with Crippen LogP contribution in [0.15, 0.2) is 0 Å². The summed E-state index contributed by atoms with van der Waals surface area (Å²) >= 11 is 0. The van der Waals surface area contributed by atoms with Gasteiger partial charge in [0.1, 0.15) is 11.3 Å². The highest BCUT2D eigenvalue weighted by molar-refractivity contribution is 5.74. The standard InChI is InChI=1S/C15H22N4.C2HF3O2/c1-9-13-15(19(18-9)10(2)11-7-8-11)17-14(16-13)12-5-3-4-6-12;3-2(4,5)1(6)7/h10-12H,3-8H2,1-2H3,(H,16,17);(H,6,7). The van der Waals surface area contributed by atoms with Crippen LogP contribution in [0.4, 0.5) is 13.2 Å². The number of nitrogens with zero attached hydrogens (tertiary/aromatic N) is 3. The third-order valence-electron chi connectivity index (χ3n) is 5.21. The minimum absolute atomic E-state index is 0.496. The average molecular weight is 372 g/mol. The molecule has 2 aromatic heterocycles. The van der Waals surface area contributed by atoms with Gasteiger partial charge >= 0.3 is 12.1 Å². The van der Waals surface area contributed by atoms with E-state index in [1.165, 1.54) is 44.3 Å². The van der Waals surface area contributed by atoms with Gasteiger partial charge in [0.2, 0.25) is 0 Å². The molecule has 2 fully saturated rings. The number of carboxylic acids is 1. The van der Waals surface area contributed by atoms with E-state index in [0.717, 1.165) is 22.8 Å². The smallest absolute Gasteiger partial charge is 0.475 e. The molecule has 0 amide bonds. The molecule has 26 heavy (non-hydrogen) atoms. The molecular weight excluding hydrogens is 349 g/mol. The van der Waals surface area contributed by atoms with Crippen molar-refractivity contribution in [2.45, 2.75) is 70.5 Å². The number of hydrogen-bond donors (Lipinski definition) is 2. The average Bonchev–Trinajstić information content (AvgIpc) is 2.97. The van der Waals surface area contributed by atoms with Crippen LogP contribution in [0.25, 0.3) is 11.2 Å². The summed E-state index contributed by atoms with van der Waals surface area (Å²) in [4.78, 5) is 17.3. The molecule has 6 nitrogen and oxygen atoms in total. The maximum atomic E-state index is 10.6. The number of halogens is 3. The Bertz CT molecular complexity index is 786. The number of aryl methyl sites for hydroxylation is 1. The molecule has 2 aromatic rings. The Morgan fingerprint density at radius 2 is 1.85 bits per heavy atom. The Kier molecular flexibility index (Phi) is 4.98. The summed E-state index contributed by atoms with van der Waals surface area (Å²) in [6, 6.07) is 0.496. The molecule has 0 aromatic carbocycles. The normalized spacial score (nSPS) is 19.4. The lowest BCUT2D eigenvalue weighted by Gasteiger charge is -2.10. The minimum atomic E-state index is -5.08. The second-order valence-corrected chi connectivity index (χ2v) is 7.21. The lowest BCUT2D eigenvalue weighted by Crippen LogP contribution is -2.21. The second-order valence-electron chi connectivity index (χ2n) is 7.21. The molecule has 0 radical (unpaired) electrons. The van der Waals surface area contributed by atoms with Crippen molar-refractivity contribution >= 4 is 17.1 Å². The highest BCUT2D eigenvalue weighted by Gasteiger charge is 2.38. The van der Waals surface area contributed by atoms with Crippen LogP contribution in [0.1, 0.15) is 68.9 Å². The van der Waals surface area contributed by atoms with Crippen LogP contribution < -0.4 is 0 Å². The van der Waals surface area contributed by atoms with Crippen LogP contribution in [0.3, 0.4) is 0 Å². The highest BCUT2D eigenvalue weighted by atomic mass is 19.4. The first-order valence-electron chi connectivity index (χ1n) is 8.93. The van der Waals surface area contributed by atoms with Gasteiger partial charge in [-0.3, -0.25) is 0 Å². The number of imidazole rings is 1. The Balaban J connectivity index is 0.000000242. The number of nitrogens with one attached hydrogen (secondary N) is 1. The van der Waals surface area contributed by atoms with Crippen LogP contribution in [0, 0.1) is 12.8 Å². The number of aromatic amines is 1. The number of hydrogen-bond acceptors (Lipinski definition) is 3. The molecular formula is C17H23F3N4O2. The SMILES string of the molecule is Cc1nn(C(C)C2CC2)c2nc(C3CCCC3)[nH]c12.O=C(O)C(F)(F)F. The monoisotopic (exact) mass is 372 g/mol. The fourth-order valence-electron chi connectivity index (χ4n) is 3.51. The highest BCUT2D eigenvalue weighted by Crippen LogP contribution is 2.41. The quantitative estimate of drug-likeness (QED) is 0.840. The van der Waals surface area contributed by atoms with Crippen LogP contribution in [0.5, 0.6) is 0 Å². The van der Waals surface area contributed by atoms with Gasteiger partial charge in [0, 0.05) is 5.92 Å².